The normalized spacial score (nSPS) is 10.4. The van der Waals surface area contributed by atoms with Crippen LogP contribution in [-0.2, 0) is 0 Å². The van der Waals surface area contributed by atoms with Gasteiger partial charge < -0.3 is 10.4 Å². The van der Waals surface area contributed by atoms with Gasteiger partial charge in [-0.1, -0.05) is 42.5 Å². The highest BCUT2D eigenvalue weighted by Crippen LogP contribution is 2.24. The first-order valence-electron chi connectivity index (χ1n) is 6.77. The van der Waals surface area contributed by atoms with E-state index < -0.39 is 5.97 Å². The smallest absolute Gasteiger partial charge is 0.337 e. The molecule has 0 aliphatic heterocycles. The Labute approximate surface area is 127 Å². The molecule has 0 saturated heterocycles. The summed E-state index contributed by atoms with van der Waals surface area (Å²) in [5, 5.41) is 13.7. The average Bonchev–Trinajstić information content (AvgIpc) is 2.54. The Bertz CT molecular complexity index is 857. The van der Waals surface area contributed by atoms with E-state index in [1.165, 1.54) is 0 Å². The summed E-state index contributed by atoms with van der Waals surface area (Å²) in [6.07, 6.45) is 0. The zero-order valence-electron chi connectivity index (χ0n) is 11.6. The third-order valence-electron chi connectivity index (χ3n) is 3.40. The molecule has 0 unspecified atom stereocenters. The molecule has 2 N–H and O–H groups in total. The van der Waals surface area contributed by atoms with E-state index >= 15 is 0 Å². The molecule has 0 saturated carbocycles. The van der Waals surface area contributed by atoms with Crippen molar-refractivity contribution in [3.63, 3.8) is 0 Å². The Balaban J connectivity index is 2.03. The van der Waals surface area contributed by atoms with Crippen LogP contribution in [0.4, 0.5) is 5.69 Å². The standard InChI is InChI=1S/C18H13NO3/c20-17(12-6-2-1-3-7-12)19-16-11-14-9-5-4-8-13(14)10-15(16)18(21)22/h1-11H,(H,19,20)(H,21,22). The number of anilines is 1. The first-order chi connectivity index (χ1) is 10.6. The van der Waals surface area contributed by atoms with Gasteiger partial charge in [0.05, 0.1) is 11.3 Å². The highest BCUT2D eigenvalue weighted by molar-refractivity contribution is 6.09. The lowest BCUT2D eigenvalue weighted by molar-refractivity contribution is 0.0698. The monoisotopic (exact) mass is 291 g/mol. The molecule has 0 spiro atoms. The second-order valence-corrected chi connectivity index (χ2v) is 4.87. The number of carboxylic acids is 1. The van der Waals surface area contributed by atoms with E-state index in [2.05, 4.69) is 5.32 Å². The van der Waals surface area contributed by atoms with E-state index in [0.717, 1.165) is 10.8 Å². The van der Waals surface area contributed by atoms with Gasteiger partial charge in [-0.15, -0.1) is 0 Å². The molecule has 3 aromatic rings. The van der Waals surface area contributed by atoms with Gasteiger partial charge >= 0.3 is 5.97 Å². The van der Waals surface area contributed by atoms with Crippen molar-refractivity contribution in [3.05, 3.63) is 77.9 Å². The largest absolute Gasteiger partial charge is 0.478 e. The molecule has 4 nitrogen and oxygen atoms in total. The van der Waals surface area contributed by atoms with E-state index in [4.69, 9.17) is 0 Å². The minimum Gasteiger partial charge on any atom is -0.478 e. The van der Waals surface area contributed by atoms with Gasteiger partial charge in [-0.2, -0.15) is 0 Å². The van der Waals surface area contributed by atoms with Crippen molar-refractivity contribution in [2.45, 2.75) is 0 Å². The van der Waals surface area contributed by atoms with E-state index in [-0.39, 0.29) is 11.5 Å². The molecule has 0 aliphatic carbocycles. The number of fused-ring (bicyclic) bond motifs is 1. The van der Waals surface area contributed by atoms with Crippen LogP contribution in [0.2, 0.25) is 0 Å². The summed E-state index contributed by atoms with van der Waals surface area (Å²) >= 11 is 0. The van der Waals surface area contributed by atoms with Crippen LogP contribution in [0.25, 0.3) is 10.8 Å². The van der Waals surface area contributed by atoms with Crippen LogP contribution in [0.3, 0.4) is 0 Å². The fraction of sp³-hybridized carbons (Fsp3) is 0. The molecule has 108 valence electrons. The fourth-order valence-electron chi connectivity index (χ4n) is 2.30. The first-order valence-corrected chi connectivity index (χ1v) is 6.77. The Morgan fingerprint density at radius 3 is 2.05 bits per heavy atom. The summed E-state index contributed by atoms with van der Waals surface area (Å²) in [6, 6.07) is 19.4. The number of hydrogen-bond donors (Lipinski definition) is 2. The SMILES string of the molecule is O=C(Nc1cc2ccccc2cc1C(=O)O)c1ccccc1. The molecule has 0 heterocycles. The topological polar surface area (TPSA) is 66.4 Å². The minimum absolute atomic E-state index is 0.0722. The predicted octanol–water partition coefficient (Wildman–Crippen LogP) is 3.79. The van der Waals surface area contributed by atoms with Crippen molar-refractivity contribution in [2.24, 2.45) is 0 Å². The first kappa shape index (κ1) is 13.8. The van der Waals surface area contributed by atoms with Gasteiger partial charge in [-0.3, -0.25) is 4.79 Å². The third kappa shape index (κ3) is 2.67. The maximum absolute atomic E-state index is 12.2. The molecule has 0 aromatic heterocycles. The molecule has 0 atom stereocenters. The van der Waals surface area contributed by atoms with Crippen LogP contribution in [0.15, 0.2) is 66.7 Å². The van der Waals surface area contributed by atoms with Crippen LogP contribution >= 0.6 is 0 Å². The maximum atomic E-state index is 12.2. The van der Waals surface area contributed by atoms with E-state index in [1.807, 2.05) is 30.3 Å². The quantitative estimate of drug-likeness (QED) is 0.771. The number of carboxylic acid groups (broad SMARTS) is 1. The lowest BCUT2D eigenvalue weighted by atomic mass is 10.0. The van der Waals surface area contributed by atoms with Gasteiger partial charge in [-0.25, -0.2) is 4.79 Å². The molecule has 4 heteroatoms. The van der Waals surface area contributed by atoms with Crippen LogP contribution in [0.1, 0.15) is 20.7 Å². The van der Waals surface area contributed by atoms with Crippen molar-refractivity contribution in [1.82, 2.24) is 0 Å². The number of carbonyl (C=O) groups is 2. The molecule has 0 radical (unpaired) electrons. The average molecular weight is 291 g/mol. The molecule has 0 bridgehead atoms. The lowest BCUT2D eigenvalue weighted by Crippen LogP contribution is -2.14. The van der Waals surface area contributed by atoms with Crippen LogP contribution < -0.4 is 5.32 Å². The van der Waals surface area contributed by atoms with Crippen molar-refractivity contribution >= 4 is 28.3 Å². The van der Waals surface area contributed by atoms with Gasteiger partial charge in [0.25, 0.3) is 5.91 Å². The highest BCUT2D eigenvalue weighted by Gasteiger charge is 2.14. The molecule has 0 aliphatic rings. The fourth-order valence-corrected chi connectivity index (χ4v) is 2.30. The van der Waals surface area contributed by atoms with Crippen molar-refractivity contribution < 1.29 is 14.7 Å². The van der Waals surface area contributed by atoms with Crippen LogP contribution in [-0.4, -0.2) is 17.0 Å². The summed E-state index contributed by atoms with van der Waals surface area (Å²) < 4.78 is 0. The van der Waals surface area contributed by atoms with E-state index in [0.29, 0.717) is 11.3 Å². The minimum atomic E-state index is -1.07. The number of rotatable bonds is 3. The molecule has 3 rings (SSSR count). The number of hydrogen-bond acceptors (Lipinski definition) is 2. The molecule has 3 aromatic carbocycles. The van der Waals surface area contributed by atoms with Gasteiger partial charge in [0.2, 0.25) is 0 Å². The Morgan fingerprint density at radius 2 is 1.41 bits per heavy atom. The van der Waals surface area contributed by atoms with Crippen LogP contribution in [0, 0.1) is 0 Å². The third-order valence-corrected chi connectivity index (χ3v) is 3.40. The number of aromatic carboxylic acids is 1. The number of nitrogens with one attached hydrogen (secondary N) is 1. The molecular weight excluding hydrogens is 278 g/mol. The molecule has 0 fully saturated rings. The second-order valence-electron chi connectivity index (χ2n) is 4.87. The number of amides is 1. The van der Waals surface area contributed by atoms with Gasteiger partial charge in [0.1, 0.15) is 0 Å². The molecule has 1 amide bonds. The van der Waals surface area contributed by atoms with E-state index in [9.17, 15) is 14.7 Å². The summed E-state index contributed by atoms with van der Waals surface area (Å²) in [5.74, 6) is -1.41. The second kappa shape index (κ2) is 5.69. The predicted molar refractivity (Wildman–Crippen MR) is 85.3 cm³/mol. The van der Waals surface area contributed by atoms with Crippen molar-refractivity contribution in [2.75, 3.05) is 5.32 Å². The van der Waals surface area contributed by atoms with Crippen molar-refractivity contribution in [3.8, 4) is 0 Å². The van der Waals surface area contributed by atoms with Crippen molar-refractivity contribution in [1.29, 1.82) is 0 Å². The summed E-state index contributed by atoms with van der Waals surface area (Å²) in [6.45, 7) is 0. The van der Waals surface area contributed by atoms with Gasteiger partial charge in [0.15, 0.2) is 0 Å². The zero-order valence-corrected chi connectivity index (χ0v) is 11.6. The highest BCUT2D eigenvalue weighted by atomic mass is 16.4. The maximum Gasteiger partial charge on any atom is 0.337 e. The summed E-state index contributed by atoms with van der Waals surface area (Å²) in [7, 11) is 0. The van der Waals surface area contributed by atoms with E-state index in [1.54, 1.807) is 36.4 Å². The Morgan fingerprint density at radius 1 is 0.818 bits per heavy atom. The molecular formula is C18H13NO3. The summed E-state index contributed by atoms with van der Waals surface area (Å²) in [5.41, 5.74) is 0.843. The zero-order chi connectivity index (χ0) is 15.5. The van der Waals surface area contributed by atoms with Gasteiger partial charge in [0, 0.05) is 5.56 Å². The Kier molecular flexibility index (Phi) is 3.58. The lowest BCUT2D eigenvalue weighted by Gasteiger charge is -2.10. The molecule has 22 heavy (non-hydrogen) atoms. The number of benzene rings is 3. The summed E-state index contributed by atoms with van der Waals surface area (Å²) in [4.78, 5) is 23.7. The van der Waals surface area contributed by atoms with Crippen LogP contribution in [0.5, 0.6) is 0 Å². The Hall–Kier alpha value is -3.14. The number of carbonyl (C=O) groups excluding carboxylic acids is 1. The van der Waals surface area contributed by atoms with Gasteiger partial charge in [-0.05, 0) is 35.0 Å².